The van der Waals surface area contributed by atoms with E-state index in [0.29, 0.717) is 29.4 Å². The number of hydrogen-bond acceptors (Lipinski definition) is 5. The Hall–Kier alpha value is -1.82. The zero-order chi connectivity index (χ0) is 15.0. The van der Waals surface area contributed by atoms with E-state index >= 15 is 0 Å². The number of anilines is 2. The minimum absolute atomic E-state index is 0.133. The lowest BCUT2D eigenvalue weighted by Gasteiger charge is -2.06. The minimum Gasteiger partial charge on any atom is -0.397 e. The summed E-state index contributed by atoms with van der Waals surface area (Å²) < 4.78 is 1.79. The average Bonchev–Trinajstić information content (AvgIpc) is 3.13. The molecule has 0 bridgehead atoms. The van der Waals surface area contributed by atoms with E-state index in [2.05, 4.69) is 10.4 Å². The molecule has 2 heterocycles. The molecule has 1 aliphatic carbocycles. The van der Waals surface area contributed by atoms with E-state index in [1.54, 1.807) is 4.68 Å². The van der Waals surface area contributed by atoms with Crippen LogP contribution in [0.5, 0.6) is 0 Å². The Kier molecular flexibility index (Phi) is 3.71. The second kappa shape index (κ2) is 5.52. The third-order valence-corrected chi connectivity index (χ3v) is 4.98. The molecule has 5 nitrogen and oxygen atoms in total. The Morgan fingerprint density at radius 3 is 2.90 bits per heavy atom. The van der Waals surface area contributed by atoms with Gasteiger partial charge in [0.2, 0.25) is 0 Å². The number of aromatic nitrogens is 2. The van der Waals surface area contributed by atoms with Crippen LogP contribution in [0.1, 0.15) is 52.9 Å². The second-order valence-electron chi connectivity index (χ2n) is 5.51. The van der Waals surface area contributed by atoms with Crippen molar-refractivity contribution in [3.8, 4) is 0 Å². The highest BCUT2D eigenvalue weighted by molar-refractivity contribution is 7.18. The number of thiophene rings is 1. The van der Waals surface area contributed by atoms with E-state index in [4.69, 9.17) is 5.73 Å². The molecule has 0 spiro atoms. The largest absolute Gasteiger partial charge is 0.397 e. The molecule has 2 aromatic rings. The fourth-order valence-electron chi connectivity index (χ4n) is 2.48. The van der Waals surface area contributed by atoms with Crippen molar-refractivity contribution in [3.05, 3.63) is 28.4 Å². The van der Waals surface area contributed by atoms with Crippen LogP contribution in [-0.2, 0) is 13.6 Å². The Bertz CT molecular complexity index is 669. The molecule has 0 aliphatic heterocycles. The number of carbonyl (C=O) groups is 1. The first-order valence-electron chi connectivity index (χ1n) is 7.26. The molecule has 3 rings (SSSR count). The van der Waals surface area contributed by atoms with Crippen LogP contribution in [0.3, 0.4) is 0 Å². The van der Waals surface area contributed by atoms with Crippen molar-refractivity contribution in [2.45, 2.75) is 38.6 Å². The molecular weight excluding hydrogens is 284 g/mol. The van der Waals surface area contributed by atoms with Gasteiger partial charge in [-0.25, -0.2) is 0 Å². The molecule has 21 heavy (non-hydrogen) atoms. The molecule has 0 aromatic carbocycles. The maximum Gasteiger partial charge on any atom is 0.174 e. The molecule has 1 fully saturated rings. The van der Waals surface area contributed by atoms with Crippen LogP contribution >= 0.6 is 11.3 Å². The number of rotatable bonds is 6. The van der Waals surface area contributed by atoms with Crippen molar-refractivity contribution < 1.29 is 4.79 Å². The van der Waals surface area contributed by atoms with Gasteiger partial charge in [0.05, 0.1) is 21.8 Å². The number of aryl methyl sites for hydroxylation is 1. The number of nitrogens with zero attached hydrogens (tertiary/aromatic N) is 2. The van der Waals surface area contributed by atoms with E-state index in [0.717, 1.165) is 16.1 Å². The first-order chi connectivity index (χ1) is 10.1. The van der Waals surface area contributed by atoms with Gasteiger partial charge in [-0.2, -0.15) is 5.10 Å². The number of nitrogens with one attached hydrogen (secondary N) is 1. The number of ketones is 1. The lowest BCUT2D eigenvalue weighted by atomic mass is 10.1. The topological polar surface area (TPSA) is 72.9 Å². The van der Waals surface area contributed by atoms with Crippen molar-refractivity contribution in [1.29, 1.82) is 0 Å². The van der Waals surface area contributed by atoms with Gasteiger partial charge in [0.25, 0.3) is 0 Å². The molecule has 1 aliphatic rings. The Morgan fingerprint density at radius 2 is 2.33 bits per heavy atom. The molecule has 6 heteroatoms. The number of nitrogens with two attached hydrogens (primary N) is 1. The van der Waals surface area contributed by atoms with Crippen molar-refractivity contribution >= 4 is 27.8 Å². The fourth-order valence-corrected chi connectivity index (χ4v) is 3.69. The maximum absolute atomic E-state index is 12.0. The van der Waals surface area contributed by atoms with Gasteiger partial charge in [-0.15, -0.1) is 11.3 Å². The van der Waals surface area contributed by atoms with Crippen molar-refractivity contribution in [2.24, 2.45) is 7.05 Å². The zero-order valence-electron chi connectivity index (χ0n) is 12.3. The smallest absolute Gasteiger partial charge is 0.174 e. The summed E-state index contributed by atoms with van der Waals surface area (Å²) in [6, 6.07) is 0. The van der Waals surface area contributed by atoms with E-state index in [1.165, 1.54) is 24.2 Å². The second-order valence-corrected chi connectivity index (χ2v) is 6.54. The van der Waals surface area contributed by atoms with Crippen LogP contribution in [0, 0.1) is 0 Å². The lowest BCUT2D eigenvalue weighted by molar-refractivity contribution is 0.0993. The summed E-state index contributed by atoms with van der Waals surface area (Å²) in [7, 11) is 1.90. The Labute approximate surface area is 128 Å². The van der Waals surface area contributed by atoms with Gasteiger partial charge in [-0.1, -0.05) is 6.92 Å². The average molecular weight is 304 g/mol. The summed E-state index contributed by atoms with van der Waals surface area (Å²) in [5.41, 5.74) is 9.20. The quantitative estimate of drug-likeness (QED) is 0.804. The SMILES string of the molecule is CCC(=O)c1sc(NCc2cnn(C)c2)c(C2CC2)c1N. The number of Topliss-reactive ketones (excluding diaryl/α,β-unsaturated/α-hetero) is 1. The highest BCUT2D eigenvalue weighted by Crippen LogP contribution is 2.51. The van der Waals surface area contributed by atoms with Gasteiger partial charge in [-0.3, -0.25) is 9.48 Å². The zero-order valence-corrected chi connectivity index (χ0v) is 13.2. The molecular formula is C15H20N4OS. The van der Waals surface area contributed by atoms with Gasteiger partial charge < -0.3 is 11.1 Å². The molecule has 3 N–H and O–H groups in total. The first kappa shape index (κ1) is 14.1. The van der Waals surface area contributed by atoms with Crippen molar-refractivity contribution in [3.63, 3.8) is 0 Å². The van der Waals surface area contributed by atoms with E-state index < -0.39 is 0 Å². The number of hydrogen-bond donors (Lipinski definition) is 2. The predicted octanol–water partition coefficient (Wildman–Crippen LogP) is 3.15. The van der Waals surface area contributed by atoms with Gasteiger partial charge in [0.1, 0.15) is 0 Å². The Balaban J connectivity index is 1.84. The molecule has 0 radical (unpaired) electrons. The van der Waals surface area contributed by atoms with E-state index in [-0.39, 0.29) is 5.78 Å². The standard InChI is InChI=1S/C15H20N4OS/c1-3-11(20)14-13(16)12(10-4-5-10)15(21-14)17-6-9-7-18-19(2)8-9/h7-8,10,17H,3-6,16H2,1-2H3. The highest BCUT2D eigenvalue weighted by Gasteiger charge is 2.32. The number of carbonyl (C=O) groups excluding carboxylic acids is 1. The van der Waals surface area contributed by atoms with Crippen LogP contribution < -0.4 is 11.1 Å². The van der Waals surface area contributed by atoms with E-state index in [1.807, 2.05) is 26.4 Å². The molecule has 1 saturated carbocycles. The summed E-state index contributed by atoms with van der Waals surface area (Å²) in [6.07, 6.45) is 6.67. The van der Waals surface area contributed by atoms with Crippen LogP contribution in [0.15, 0.2) is 12.4 Å². The van der Waals surface area contributed by atoms with Gasteiger partial charge in [0.15, 0.2) is 5.78 Å². The third-order valence-electron chi connectivity index (χ3n) is 3.75. The summed E-state index contributed by atoms with van der Waals surface area (Å²) in [5.74, 6) is 0.657. The van der Waals surface area contributed by atoms with Crippen LogP contribution in [-0.4, -0.2) is 15.6 Å². The summed E-state index contributed by atoms with van der Waals surface area (Å²) in [6.45, 7) is 2.58. The molecule has 112 valence electrons. The molecule has 0 unspecified atom stereocenters. The van der Waals surface area contributed by atoms with Crippen molar-refractivity contribution in [2.75, 3.05) is 11.1 Å². The van der Waals surface area contributed by atoms with Gasteiger partial charge >= 0.3 is 0 Å². The predicted molar refractivity (Wildman–Crippen MR) is 85.9 cm³/mol. The fraction of sp³-hybridized carbons (Fsp3) is 0.467. The van der Waals surface area contributed by atoms with E-state index in [9.17, 15) is 4.79 Å². The minimum atomic E-state index is 0.133. The van der Waals surface area contributed by atoms with Gasteiger partial charge in [-0.05, 0) is 18.8 Å². The molecule has 0 saturated heterocycles. The Morgan fingerprint density at radius 1 is 1.57 bits per heavy atom. The maximum atomic E-state index is 12.0. The van der Waals surface area contributed by atoms with Gasteiger partial charge in [0, 0.05) is 37.3 Å². The third kappa shape index (κ3) is 2.81. The number of nitrogen functional groups attached to an aromatic ring is 1. The highest BCUT2D eigenvalue weighted by atomic mass is 32.1. The normalized spacial score (nSPS) is 14.4. The summed E-state index contributed by atoms with van der Waals surface area (Å²) in [4.78, 5) is 12.7. The monoisotopic (exact) mass is 304 g/mol. The summed E-state index contributed by atoms with van der Waals surface area (Å²) >= 11 is 1.50. The molecule has 2 aromatic heterocycles. The van der Waals surface area contributed by atoms with Crippen molar-refractivity contribution in [1.82, 2.24) is 9.78 Å². The van der Waals surface area contributed by atoms with Crippen LogP contribution in [0.25, 0.3) is 0 Å². The molecule has 0 amide bonds. The molecule has 0 atom stereocenters. The van der Waals surface area contributed by atoms with Crippen LogP contribution in [0.2, 0.25) is 0 Å². The van der Waals surface area contributed by atoms with Crippen LogP contribution in [0.4, 0.5) is 10.7 Å². The summed E-state index contributed by atoms with van der Waals surface area (Å²) in [5, 5.41) is 8.65. The first-order valence-corrected chi connectivity index (χ1v) is 8.08. The lowest BCUT2D eigenvalue weighted by Crippen LogP contribution is -2.01.